The molecule has 3 aromatic rings. The van der Waals surface area contributed by atoms with Crippen molar-refractivity contribution in [2.45, 2.75) is 25.5 Å². The molecule has 172 valence electrons. The molecular formula is C24H25ClFN5O2. The summed E-state index contributed by atoms with van der Waals surface area (Å²) in [6.07, 6.45) is 3.55. The molecule has 1 saturated heterocycles. The number of fused-ring (bicyclic) bond motifs is 1. The fourth-order valence-corrected chi connectivity index (χ4v) is 4.78. The number of nitrogens with zero attached hydrogens (tertiary/aromatic N) is 5. The van der Waals surface area contributed by atoms with Crippen molar-refractivity contribution in [2.24, 2.45) is 7.05 Å². The number of halogens is 2. The Labute approximate surface area is 196 Å². The zero-order valence-electron chi connectivity index (χ0n) is 19.0. The van der Waals surface area contributed by atoms with Crippen molar-refractivity contribution >= 4 is 23.3 Å². The van der Waals surface area contributed by atoms with Crippen LogP contribution in [0.1, 0.15) is 41.4 Å². The van der Waals surface area contributed by atoms with E-state index in [1.54, 1.807) is 35.0 Å². The van der Waals surface area contributed by atoms with Crippen molar-refractivity contribution in [3.8, 4) is 11.3 Å². The summed E-state index contributed by atoms with van der Waals surface area (Å²) < 4.78 is 22.8. The molecule has 2 aromatic heterocycles. The minimum absolute atomic E-state index is 0.105. The van der Waals surface area contributed by atoms with Crippen molar-refractivity contribution in [1.82, 2.24) is 19.7 Å². The molecule has 1 fully saturated rings. The Bertz CT molecular complexity index is 1260. The van der Waals surface area contributed by atoms with Gasteiger partial charge in [0, 0.05) is 55.1 Å². The highest BCUT2D eigenvalue weighted by Gasteiger charge is 2.44. The third kappa shape index (κ3) is 3.57. The number of morpholine rings is 1. The van der Waals surface area contributed by atoms with Gasteiger partial charge in [0.25, 0.3) is 5.91 Å². The summed E-state index contributed by atoms with van der Waals surface area (Å²) in [5.41, 5.74) is 2.39. The first-order valence-electron chi connectivity index (χ1n) is 10.8. The molecule has 2 aliphatic heterocycles. The zero-order chi connectivity index (χ0) is 23.5. The Morgan fingerprint density at radius 1 is 1.21 bits per heavy atom. The topological polar surface area (TPSA) is 63.5 Å². The summed E-state index contributed by atoms with van der Waals surface area (Å²) in [4.78, 5) is 21.9. The first-order chi connectivity index (χ1) is 15.7. The standard InChI is InChI=1S/C24H25ClFN5O2/c1-24(2)21-17(23(32)30(24)4)10-20(28-22(21)16-6-5-15(25)9-18(16)26)31-7-8-33-19(13-31)14-11-27-29(3)12-14/h5-6,9-12,19H,7-8,13H2,1-4H3/t19-/m1/s1. The van der Waals surface area contributed by atoms with Gasteiger partial charge in [0.15, 0.2) is 0 Å². The van der Waals surface area contributed by atoms with Crippen LogP contribution in [0.25, 0.3) is 11.3 Å². The SMILES string of the molecule is CN1C(=O)c2cc(N3CCO[C@@H](c4cnn(C)c4)C3)nc(-c3ccc(Cl)cc3F)c2C1(C)C. The van der Waals surface area contributed by atoms with Crippen LogP contribution < -0.4 is 4.90 Å². The Morgan fingerprint density at radius 2 is 2.00 bits per heavy atom. The van der Waals surface area contributed by atoms with E-state index in [9.17, 15) is 4.79 Å². The van der Waals surface area contributed by atoms with Gasteiger partial charge in [0.1, 0.15) is 17.7 Å². The molecular weight excluding hydrogens is 445 g/mol. The highest BCUT2D eigenvalue weighted by Crippen LogP contribution is 2.45. The smallest absolute Gasteiger partial charge is 0.254 e. The minimum atomic E-state index is -0.636. The van der Waals surface area contributed by atoms with Gasteiger partial charge in [0.2, 0.25) is 0 Å². The first kappa shape index (κ1) is 21.9. The van der Waals surface area contributed by atoms with E-state index >= 15 is 4.39 Å². The quantitative estimate of drug-likeness (QED) is 0.576. The van der Waals surface area contributed by atoms with Gasteiger partial charge in [-0.15, -0.1) is 0 Å². The highest BCUT2D eigenvalue weighted by molar-refractivity contribution is 6.30. The number of ether oxygens (including phenoxy) is 1. The third-order valence-corrected chi connectivity index (χ3v) is 6.90. The van der Waals surface area contributed by atoms with Gasteiger partial charge in [-0.25, -0.2) is 9.37 Å². The molecule has 5 rings (SSSR count). The Balaban J connectivity index is 1.63. The van der Waals surface area contributed by atoms with Gasteiger partial charge in [-0.1, -0.05) is 11.6 Å². The maximum atomic E-state index is 15.0. The number of amides is 1. The molecule has 0 radical (unpaired) electrons. The molecule has 7 nitrogen and oxygen atoms in total. The van der Waals surface area contributed by atoms with E-state index in [1.807, 2.05) is 33.2 Å². The largest absolute Gasteiger partial charge is 0.370 e. The minimum Gasteiger partial charge on any atom is -0.370 e. The highest BCUT2D eigenvalue weighted by atomic mass is 35.5. The molecule has 9 heteroatoms. The number of benzene rings is 1. The average molecular weight is 470 g/mol. The summed E-state index contributed by atoms with van der Waals surface area (Å²) in [5.74, 6) is 0.0449. The number of hydrogen-bond donors (Lipinski definition) is 0. The molecule has 1 aromatic carbocycles. The molecule has 0 aliphatic carbocycles. The molecule has 33 heavy (non-hydrogen) atoms. The summed E-state index contributed by atoms with van der Waals surface area (Å²) >= 11 is 6.00. The number of pyridine rings is 1. The average Bonchev–Trinajstić information content (AvgIpc) is 3.29. The Morgan fingerprint density at radius 3 is 2.70 bits per heavy atom. The number of carbonyl (C=O) groups excluding carboxylic acids is 1. The number of anilines is 1. The monoisotopic (exact) mass is 469 g/mol. The molecule has 4 heterocycles. The van der Waals surface area contributed by atoms with Gasteiger partial charge in [-0.3, -0.25) is 9.48 Å². The lowest BCUT2D eigenvalue weighted by molar-refractivity contribution is 0.0395. The van der Waals surface area contributed by atoms with Crippen molar-refractivity contribution in [3.05, 3.63) is 64.2 Å². The maximum Gasteiger partial charge on any atom is 0.254 e. The van der Waals surface area contributed by atoms with Crippen molar-refractivity contribution in [2.75, 3.05) is 31.6 Å². The normalized spacial score (nSPS) is 19.8. The van der Waals surface area contributed by atoms with Crippen LogP contribution in [-0.4, -0.2) is 52.3 Å². The predicted molar refractivity (Wildman–Crippen MR) is 124 cm³/mol. The predicted octanol–water partition coefficient (Wildman–Crippen LogP) is 4.17. The van der Waals surface area contributed by atoms with Crippen LogP contribution >= 0.6 is 11.6 Å². The molecule has 0 unspecified atom stereocenters. The molecule has 0 spiro atoms. The number of aromatic nitrogens is 3. The van der Waals surface area contributed by atoms with Gasteiger partial charge in [0.05, 0.1) is 29.6 Å². The molecule has 0 bridgehead atoms. The summed E-state index contributed by atoms with van der Waals surface area (Å²) in [6, 6.07) is 6.37. The van der Waals surface area contributed by atoms with Gasteiger partial charge >= 0.3 is 0 Å². The van der Waals surface area contributed by atoms with E-state index in [4.69, 9.17) is 21.3 Å². The number of carbonyl (C=O) groups is 1. The van der Waals surface area contributed by atoms with Crippen LogP contribution in [0.15, 0.2) is 36.7 Å². The Hall–Kier alpha value is -2.97. The van der Waals surface area contributed by atoms with Crippen LogP contribution in [0, 0.1) is 5.82 Å². The summed E-state index contributed by atoms with van der Waals surface area (Å²) in [5, 5.41) is 4.55. The van der Waals surface area contributed by atoms with Crippen molar-refractivity contribution < 1.29 is 13.9 Å². The zero-order valence-corrected chi connectivity index (χ0v) is 19.7. The van der Waals surface area contributed by atoms with E-state index in [1.165, 1.54) is 6.07 Å². The molecule has 0 saturated carbocycles. The van der Waals surface area contributed by atoms with Crippen LogP contribution in [-0.2, 0) is 17.3 Å². The summed E-state index contributed by atoms with van der Waals surface area (Å²) in [7, 11) is 3.63. The van der Waals surface area contributed by atoms with Gasteiger partial charge in [-0.2, -0.15) is 5.10 Å². The first-order valence-corrected chi connectivity index (χ1v) is 11.2. The number of rotatable bonds is 3. The second-order valence-electron chi connectivity index (χ2n) is 9.05. The number of aryl methyl sites for hydroxylation is 1. The van der Waals surface area contributed by atoms with E-state index in [-0.39, 0.29) is 12.0 Å². The molecule has 2 aliphatic rings. The van der Waals surface area contributed by atoms with Crippen molar-refractivity contribution in [3.63, 3.8) is 0 Å². The van der Waals surface area contributed by atoms with E-state index in [2.05, 4.69) is 10.00 Å². The third-order valence-electron chi connectivity index (χ3n) is 6.66. The van der Waals surface area contributed by atoms with Gasteiger partial charge in [-0.05, 0) is 38.1 Å². The fourth-order valence-electron chi connectivity index (χ4n) is 4.63. The van der Waals surface area contributed by atoms with Crippen LogP contribution in [0.2, 0.25) is 5.02 Å². The second kappa shape index (κ2) is 7.81. The lowest BCUT2D eigenvalue weighted by Crippen LogP contribution is -2.39. The lowest BCUT2D eigenvalue weighted by atomic mass is 9.89. The maximum absolute atomic E-state index is 15.0. The molecule has 0 N–H and O–H groups in total. The van der Waals surface area contributed by atoms with Gasteiger partial charge < -0.3 is 14.5 Å². The molecule has 1 amide bonds. The fraction of sp³-hybridized carbons (Fsp3) is 0.375. The lowest BCUT2D eigenvalue weighted by Gasteiger charge is -2.34. The Kier molecular flexibility index (Phi) is 5.17. The van der Waals surface area contributed by atoms with E-state index < -0.39 is 11.4 Å². The second-order valence-corrected chi connectivity index (χ2v) is 9.49. The van der Waals surface area contributed by atoms with Crippen LogP contribution in [0.3, 0.4) is 0 Å². The summed E-state index contributed by atoms with van der Waals surface area (Å²) in [6.45, 7) is 5.55. The molecule has 1 atom stereocenters. The van der Waals surface area contributed by atoms with Crippen LogP contribution in [0.4, 0.5) is 10.2 Å². The van der Waals surface area contributed by atoms with E-state index in [0.29, 0.717) is 47.4 Å². The van der Waals surface area contributed by atoms with Crippen LogP contribution in [0.5, 0.6) is 0 Å². The van der Waals surface area contributed by atoms with E-state index in [0.717, 1.165) is 11.1 Å². The number of hydrogen-bond acceptors (Lipinski definition) is 5. The van der Waals surface area contributed by atoms with Crippen molar-refractivity contribution in [1.29, 1.82) is 0 Å².